The molecule has 2 aromatic rings. The summed E-state index contributed by atoms with van der Waals surface area (Å²) in [5.74, 6) is -1.86. The Hall–Kier alpha value is -2.66. The van der Waals surface area contributed by atoms with Crippen LogP contribution < -0.4 is 11.5 Å². The predicted molar refractivity (Wildman–Crippen MR) is 90.1 cm³/mol. The fraction of sp³-hybridized carbons (Fsp3) is 0. The number of nitrogens with two attached hydrogens (primary N) is 2. The molecule has 0 saturated carbocycles. The number of aromatic carboxylic acids is 2. The minimum absolute atomic E-state index is 0. The number of benzene rings is 2. The van der Waals surface area contributed by atoms with Crippen LogP contribution in [0.4, 0.5) is 11.4 Å². The zero-order chi connectivity index (χ0) is 15.1. The summed E-state index contributed by atoms with van der Waals surface area (Å²) in [6.07, 6.45) is 0. The molecule has 0 saturated heterocycles. The van der Waals surface area contributed by atoms with Crippen molar-refractivity contribution in [3.05, 3.63) is 59.7 Å². The van der Waals surface area contributed by atoms with E-state index in [2.05, 4.69) is 0 Å². The number of hydrogen-bond acceptors (Lipinski definition) is 4. The van der Waals surface area contributed by atoms with Gasteiger partial charge < -0.3 is 43.6 Å². The van der Waals surface area contributed by atoms with Gasteiger partial charge in [0.25, 0.3) is 0 Å². The van der Waals surface area contributed by atoms with E-state index in [1.807, 2.05) is 0 Å². The molecule has 0 fully saturated rings. The van der Waals surface area contributed by atoms with Gasteiger partial charge in [0.15, 0.2) is 0 Å². The van der Waals surface area contributed by atoms with Gasteiger partial charge in [-0.3, -0.25) is 0 Å². The normalized spacial score (nSPS) is 7.36. The van der Waals surface area contributed by atoms with Gasteiger partial charge in [-0.2, -0.15) is 0 Å². The van der Waals surface area contributed by atoms with E-state index >= 15 is 0 Å². The Morgan fingerprint density at radius 3 is 0.960 bits per heavy atom. The fourth-order valence-corrected chi connectivity index (χ4v) is 1.25. The number of carbonyl (C=O) groups is 2. The quantitative estimate of drug-likeness (QED) is 0.348. The van der Waals surface area contributed by atoms with Crippen LogP contribution in [0.5, 0.6) is 0 Å². The molecule has 0 heterocycles. The van der Waals surface area contributed by atoms with Gasteiger partial charge in [-0.1, -0.05) is 0 Å². The van der Waals surface area contributed by atoms with Crippen LogP contribution in [0.1, 0.15) is 20.7 Å². The Kier molecular flexibility index (Phi) is 21.9. The van der Waals surface area contributed by atoms with Crippen LogP contribution in [0, 0.1) is 0 Å². The third kappa shape index (κ3) is 12.4. The van der Waals surface area contributed by atoms with Gasteiger partial charge in [0.1, 0.15) is 0 Å². The van der Waals surface area contributed by atoms with Gasteiger partial charge in [-0.05, 0) is 48.5 Å². The fourth-order valence-electron chi connectivity index (χ4n) is 1.25. The molecule has 0 bridgehead atoms. The van der Waals surface area contributed by atoms with Crippen LogP contribution >= 0.6 is 0 Å². The molecule has 0 spiro atoms. The molecule has 10 nitrogen and oxygen atoms in total. The van der Waals surface area contributed by atoms with Crippen molar-refractivity contribution in [2.45, 2.75) is 0 Å². The van der Waals surface area contributed by atoms with E-state index in [9.17, 15) is 9.59 Å². The maximum atomic E-state index is 10.3. The summed E-state index contributed by atoms with van der Waals surface area (Å²) < 4.78 is 0. The van der Waals surface area contributed by atoms with Crippen LogP contribution in [0.15, 0.2) is 48.5 Å². The van der Waals surface area contributed by atoms with Crippen molar-refractivity contribution in [3.63, 3.8) is 0 Å². The second kappa shape index (κ2) is 16.2. The number of carboxylic acid groups (broad SMARTS) is 2. The van der Waals surface area contributed by atoms with E-state index in [4.69, 9.17) is 21.7 Å². The Balaban J connectivity index is -0.0000000889. The molecule has 14 N–H and O–H groups in total. The number of rotatable bonds is 2. The van der Waals surface area contributed by atoms with Gasteiger partial charge in [0.05, 0.1) is 11.1 Å². The number of anilines is 2. The van der Waals surface area contributed by atoms with Crippen molar-refractivity contribution in [2.75, 3.05) is 11.5 Å². The molecule has 2 rings (SSSR count). The zero-order valence-electron chi connectivity index (χ0n) is 12.9. The van der Waals surface area contributed by atoms with Gasteiger partial charge in [0, 0.05) is 28.4 Å². The van der Waals surface area contributed by atoms with E-state index in [-0.39, 0.29) is 50.1 Å². The van der Waals surface area contributed by atoms with E-state index in [1.54, 1.807) is 24.3 Å². The Morgan fingerprint density at radius 1 is 0.600 bits per heavy atom. The molecule has 0 aliphatic carbocycles. The van der Waals surface area contributed by atoms with Crippen LogP contribution in [0.3, 0.4) is 0 Å². The minimum atomic E-state index is -0.931. The van der Waals surface area contributed by atoms with Crippen molar-refractivity contribution < 1.29 is 58.8 Å². The average molecular weight is 401 g/mol. The molecule has 0 aliphatic rings. The summed E-state index contributed by atoms with van der Waals surface area (Å²) >= 11 is 0. The summed E-state index contributed by atoms with van der Waals surface area (Å²) in [4.78, 5) is 20.5. The third-order valence-electron chi connectivity index (χ3n) is 2.32. The molecule has 0 aromatic heterocycles. The molecule has 1 radical (unpaired) electrons. The number of hydrogen-bond donors (Lipinski definition) is 4. The van der Waals surface area contributed by atoms with Crippen LogP contribution in [0.2, 0.25) is 0 Å². The van der Waals surface area contributed by atoms with Crippen molar-refractivity contribution in [3.8, 4) is 0 Å². The Labute approximate surface area is 153 Å². The van der Waals surface area contributed by atoms with E-state index in [0.29, 0.717) is 11.4 Å². The molecule has 0 atom stereocenters. The predicted octanol–water partition coefficient (Wildman–Crippen LogP) is -1.37. The van der Waals surface area contributed by atoms with Crippen LogP contribution in [0.25, 0.3) is 0 Å². The van der Waals surface area contributed by atoms with Gasteiger partial charge in [-0.15, -0.1) is 0 Å². The molecular formula is C14H22MnN2O8. The maximum Gasteiger partial charge on any atom is 0.335 e. The monoisotopic (exact) mass is 401 g/mol. The second-order valence-corrected chi connectivity index (χ2v) is 3.85. The molecule has 0 unspecified atom stereocenters. The summed E-state index contributed by atoms with van der Waals surface area (Å²) in [6, 6.07) is 12.1. The Bertz CT molecular complexity index is 550. The first kappa shape index (κ1) is 33.8. The van der Waals surface area contributed by atoms with Crippen molar-refractivity contribution in [1.82, 2.24) is 0 Å². The molecule has 143 valence electrons. The van der Waals surface area contributed by atoms with Crippen LogP contribution in [-0.4, -0.2) is 44.1 Å². The minimum Gasteiger partial charge on any atom is -0.478 e. The van der Waals surface area contributed by atoms with Crippen molar-refractivity contribution in [1.29, 1.82) is 0 Å². The van der Waals surface area contributed by atoms with Crippen molar-refractivity contribution >= 4 is 23.3 Å². The Morgan fingerprint density at radius 2 is 0.800 bits per heavy atom. The molecule has 11 heteroatoms. The second-order valence-electron chi connectivity index (χ2n) is 3.85. The number of nitrogen functional groups attached to an aromatic ring is 2. The molecule has 0 amide bonds. The molecule has 25 heavy (non-hydrogen) atoms. The van der Waals surface area contributed by atoms with E-state index in [1.165, 1.54) is 24.3 Å². The smallest absolute Gasteiger partial charge is 0.335 e. The van der Waals surface area contributed by atoms with Gasteiger partial charge in [-0.25, -0.2) is 9.59 Å². The molecule has 0 aliphatic heterocycles. The van der Waals surface area contributed by atoms with Crippen LogP contribution in [-0.2, 0) is 17.1 Å². The standard InChI is InChI=1S/2C7H7NO2.Mn.4H2O/c2*8-6-3-1-5(2-4-6)7(9)10;;;;;/h2*1-4H,8H2,(H,9,10);;4*1H2. The first-order valence-electron chi connectivity index (χ1n) is 5.58. The van der Waals surface area contributed by atoms with Crippen molar-refractivity contribution in [2.24, 2.45) is 0 Å². The topological polar surface area (TPSA) is 253 Å². The summed E-state index contributed by atoms with van der Waals surface area (Å²) in [5, 5.41) is 16.9. The first-order chi connectivity index (χ1) is 9.40. The average Bonchev–Trinajstić information content (AvgIpc) is 2.40. The SMILES string of the molecule is Nc1ccc(C(=O)O)cc1.Nc1ccc(C(=O)O)cc1.O.O.O.O.[Mn]. The maximum absolute atomic E-state index is 10.3. The summed E-state index contributed by atoms with van der Waals surface area (Å²) in [5.41, 5.74) is 12.3. The van der Waals surface area contributed by atoms with Gasteiger partial charge >= 0.3 is 11.9 Å². The first-order valence-corrected chi connectivity index (χ1v) is 5.58. The van der Waals surface area contributed by atoms with E-state index in [0.717, 1.165) is 0 Å². The largest absolute Gasteiger partial charge is 0.478 e. The molecular weight excluding hydrogens is 379 g/mol. The van der Waals surface area contributed by atoms with Gasteiger partial charge in [0.2, 0.25) is 0 Å². The third-order valence-corrected chi connectivity index (χ3v) is 2.32. The summed E-state index contributed by atoms with van der Waals surface area (Å²) in [7, 11) is 0. The summed E-state index contributed by atoms with van der Waals surface area (Å²) in [6.45, 7) is 0. The molecule has 2 aromatic carbocycles. The number of carboxylic acids is 2. The zero-order valence-corrected chi connectivity index (χ0v) is 14.0. The van der Waals surface area contributed by atoms with E-state index < -0.39 is 11.9 Å².